The van der Waals surface area contributed by atoms with Crippen LogP contribution in [0.25, 0.3) is 50.9 Å². The number of nitriles is 3. The first-order valence-electron chi connectivity index (χ1n) is 29.8. The Bertz CT molecular complexity index is 4770. The second kappa shape index (κ2) is 34.2. The van der Waals surface area contributed by atoms with Crippen molar-refractivity contribution in [1.82, 2.24) is 28.7 Å². The maximum absolute atomic E-state index is 13.6. The van der Waals surface area contributed by atoms with Gasteiger partial charge < -0.3 is 23.5 Å². The Labute approximate surface area is 600 Å². The highest BCUT2D eigenvalue weighted by molar-refractivity contribution is 6.20. The summed E-state index contributed by atoms with van der Waals surface area (Å²) in [6.45, 7) is 34.8. The molecule has 0 amide bonds. The van der Waals surface area contributed by atoms with E-state index in [1.807, 2.05) is 93.9 Å². The maximum Gasteiger partial charge on any atom is 0.190 e. The summed E-state index contributed by atoms with van der Waals surface area (Å²) in [6, 6.07) is 13.2. The molecule has 2 atom stereocenters. The molecule has 12 rings (SSSR count). The molecule has 0 fully saturated rings. The lowest BCUT2D eigenvalue weighted by Gasteiger charge is -2.34. The fraction of sp³-hybridized carbons (Fsp3) is 0.437. The highest BCUT2D eigenvalue weighted by Gasteiger charge is 2.40. The number of carbonyl (C=O) groups is 1. The number of methoxy groups -OCH3 is 1. The van der Waals surface area contributed by atoms with Gasteiger partial charge in [-0.25, -0.2) is 0 Å². The molecule has 3 aliphatic carbocycles. The van der Waals surface area contributed by atoms with Gasteiger partial charge in [-0.15, -0.1) is 0 Å². The van der Waals surface area contributed by atoms with Crippen LogP contribution in [-0.4, -0.2) is 46.7 Å². The number of rotatable bonds is 7. The molecule has 2 unspecified atom stereocenters. The maximum atomic E-state index is 13.6. The van der Waals surface area contributed by atoms with Crippen LogP contribution in [0.15, 0.2) is 53.5 Å². The summed E-state index contributed by atoms with van der Waals surface area (Å²) in [5.41, 5.74) is 31.4. The Balaban J connectivity index is -0.00000132. The second-order valence-electron chi connectivity index (χ2n) is 25.0. The van der Waals surface area contributed by atoms with Crippen molar-refractivity contribution in [1.29, 1.82) is 15.8 Å². The number of pyridine rings is 3. The molecule has 538 valence electrons. The van der Waals surface area contributed by atoms with Crippen molar-refractivity contribution < 1.29 is 14.6 Å². The number of hydrogen-bond donors (Lipinski definition) is 1. The molecule has 12 nitrogen and oxygen atoms in total. The first-order valence-corrected chi connectivity index (χ1v) is 29.8. The van der Waals surface area contributed by atoms with Crippen molar-refractivity contribution >= 4 is 56.7 Å². The number of ketones is 1. The molecule has 0 spiro atoms. The normalized spacial score (nSPS) is 12.7. The summed E-state index contributed by atoms with van der Waals surface area (Å²) in [4.78, 5) is 27.6. The quantitative estimate of drug-likeness (QED) is 0.152. The molecule has 3 aromatic carbocycles. The average molecular weight is 1350 g/mol. The Morgan fingerprint density at radius 1 is 0.434 bits per heavy atom. The summed E-state index contributed by atoms with van der Waals surface area (Å²) in [5.74, 6) is 0.0605. The monoisotopic (exact) mass is 1350 g/mol. The molecule has 99 heavy (non-hydrogen) atoms. The summed E-state index contributed by atoms with van der Waals surface area (Å²) in [6.07, 6.45) is 14.2. The van der Waals surface area contributed by atoms with Gasteiger partial charge in [0.25, 0.3) is 0 Å². The fourth-order valence-electron chi connectivity index (χ4n) is 14.7. The van der Waals surface area contributed by atoms with Crippen LogP contribution in [0.4, 0.5) is 0 Å². The molecule has 0 aliphatic heterocycles. The van der Waals surface area contributed by atoms with E-state index in [2.05, 4.69) is 142 Å². The van der Waals surface area contributed by atoms with Crippen LogP contribution in [0.5, 0.6) is 0 Å². The lowest BCUT2D eigenvalue weighted by atomic mass is 9.80. The lowest BCUT2D eigenvalue weighted by molar-refractivity contribution is 0.0354. The predicted octanol–water partition coefficient (Wildman–Crippen LogP) is 22.8. The van der Waals surface area contributed by atoms with Crippen LogP contribution in [0.1, 0.15) is 259 Å². The van der Waals surface area contributed by atoms with Crippen molar-refractivity contribution in [2.75, 3.05) is 7.11 Å². The number of allylic oxidation sites excluding steroid dienone is 1. The largest absolute Gasteiger partial charge is 0.381 e. The minimum absolute atomic E-state index is 0. The highest BCUT2D eigenvalue weighted by Crippen LogP contribution is 2.48. The van der Waals surface area contributed by atoms with E-state index in [4.69, 9.17) is 9.72 Å². The number of aromatic nitrogens is 6. The molecule has 12 heteroatoms. The molecule has 1 N–H and O–H groups in total. The lowest BCUT2D eigenvalue weighted by Crippen LogP contribution is -2.29. The van der Waals surface area contributed by atoms with E-state index in [0.29, 0.717) is 29.5 Å². The highest BCUT2D eigenvalue weighted by atomic mass is 16.5. The van der Waals surface area contributed by atoms with Gasteiger partial charge in [-0.3, -0.25) is 19.7 Å². The van der Waals surface area contributed by atoms with Gasteiger partial charge in [0.15, 0.2) is 5.78 Å². The van der Waals surface area contributed by atoms with Gasteiger partial charge in [-0.2, -0.15) is 15.8 Å². The van der Waals surface area contributed by atoms with Crippen LogP contribution >= 0.6 is 0 Å². The predicted molar refractivity (Wildman–Crippen MR) is 431 cm³/mol. The minimum Gasteiger partial charge on any atom is -0.381 e. The van der Waals surface area contributed by atoms with Gasteiger partial charge in [-0.1, -0.05) is 101 Å². The minimum atomic E-state index is -1.13. The third-order valence-electron chi connectivity index (χ3n) is 20.3. The second-order valence-corrected chi connectivity index (χ2v) is 25.0. The van der Waals surface area contributed by atoms with Crippen LogP contribution in [0.3, 0.4) is 0 Å². The molecule has 0 radical (unpaired) electrons. The number of fused-ring (bicyclic) bond motifs is 6. The fourth-order valence-corrected chi connectivity index (χ4v) is 14.7. The molecule has 6 heterocycles. The van der Waals surface area contributed by atoms with Crippen LogP contribution in [-0.2, 0) is 56.3 Å². The Morgan fingerprint density at radius 3 is 1.13 bits per heavy atom. The topological polar surface area (TPSA) is 171 Å². The van der Waals surface area contributed by atoms with Crippen molar-refractivity contribution in [3.8, 4) is 18.2 Å². The molecule has 0 saturated heterocycles. The number of carbonyl (C=O) groups excluding carboxylic acids is 1. The number of aliphatic hydroxyl groups is 1. The first kappa shape index (κ1) is 94.2. The number of Topliss-reactive ketones (excluding diaryl/α,β-unsaturated/α-hetero) is 1. The standard InChI is InChI=1S/C26H29N3O.C25H27N3O.C24H23N3O.12CH4/c1-14-15(2)24(20-9-10-29(7)25(20)16(14)3)26(6,30-8)19-11-21-17(4)22(13-27)18(5)28-23(21)12-19;1-13-14(2)23(19-8-9-28(7)24(19)15(13)3)25(6,29)18-10-20-16(4)21(12-26)17(5)27-22(20)11-18;1-12-13(2)22(18-7-8-27(6)23(18)14(12)3)24(28)17-9-19-15(4)20(11-25)16(5)26-21(19)10-17;;;;;;;;;;;;/h9-11H,12H2,1-8H3;8-10,29H,11H2,1-7H3;7-9H,10H2,1-6H3;12*1H4. The number of ether oxygens (including phenoxy) is 1. The van der Waals surface area contributed by atoms with E-state index in [1.54, 1.807) is 7.11 Å². The Morgan fingerprint density at radius 2 is 0.747 bits per heavy atom. The third kappa shape index (κ3) is 14.6. The zero-order valence-corrected chi connectivity index (χ0v) is 54.6. The van der Waals surface area contributed by atoms with E-state index in [0.717, 1.165) is 135 Å². The van der Waals surface area contributed by atoms with Gasteiger partial charge in [-0.05, 0) is 225 Å². The van der Waals surface area contributed by atoms with Crippen molar-refractivity contribution in [2.24, 2.45) is 21.1 Å². The van der Waals surface area contributed by atoms with Crippen LogP contribution < -0.4 is 0 Å². The molecule has 3 aliphatic rings. The van der Waals surface area contributed by atoms with Gasteiger partial charge in [0, 0.05) is 116 Å². The summed E-state index contributed by atoms with van der Waals surface area (Å²) >= 11 is 0. The van der Waals surface area contributed by atoms with Gasteiger partial charge >= 0.3 is 0 Å². The van der Waals surface area contributed by atoms with E-state index in [1.165, 1.54) is 55.4 Å². The Hall–Kier alpha value is -8.99. The Kier molecular flexibility index (Phi) is 32.5. The number of benzene rings is 3. The molecular formula is C87H127N9O3. The molecular weight excluding hydrogens is 1220 g/mol. The average Bonchev–Trinajstić information content (AvgIpc) is 1.65. The van der Waals surface area contributed by atoms with Crippen molar-refractivity contribution in [3.63, 3.8) is 0 Å². The summed E-state index contributed by atoms with van der Waals surface area (Å²) < 4.78 is 12.7. The van der Waals surface area contributed by atoms with Crippen LogP contribution in [0, 0.1) is 138 Å². The first-order chi connectivity index (χ1) is 41.0. The molecule has 0 bridgehead atoms. The van der Waals surface area contributed by atoms with E-state index < -0.39 is 11.2 Å². The molecule has 9 aromatic rings. The smallest absolute Gasteiger partial charge is 0.190 e. The zero-order valence-electron chi connectivity index (χ0n) is 54.6. The number of nitrogens with zero attached hydrogens (tertiary/aromatic N) is 9. The SMILES string of the molecule is C.C.C.C.C.C.C.C.C.C.C.C.COC(C)(C1=Cc2c(nc(C)c(C#N)c2C)C1)c1c(C)c(C)c(C)c2c1ccn2C.Cc1nc2c(c(C)c1C#N)C=C(C(=O)c1c(C)c(C)c(C)c3c1ccn3C)C2.Cc1nc2c(c(C)c1C#N)C=C(C(C)(O)c1c(C)c(C)c(C)c3c1ccn3C)C2. The van der Waals surface area contributed by atoms with Crippen LogP contribution in [0.2, 0.25) is 0 Å². The van der Waals surface area contributed by atoms with Crippen molar-refractivity contribution in [3.05, 3.63) is 205 Å². The molecule has 0 saturated carbocycles. The zero-order chi connectivity index (χ0) is 63.5. The van der Waals surface area contributed by atoms with Gasteiger partial charge in [0.2, 0.25) is 0 Å². The third-order valence-corrected chi connectivity index (χ3v) is 20.3. The van der Waals surface area contributed by atoms with Gasteiger partial charge in [0.05, 0.1) is 67.4 Å². The van der Waals surface area contributed by atoms with E-state index in [9.17, 15) is 25.7 Å². The number of hydrogen-bond acceptors (Lipinski definition) is 9. The summed E-state index contributed by atoms with van der Waals surface area (Å²) in [5, 5.41) is 43.7. The van der Waals surface area contributed by atoms with Gasteiger partial charge in [0.1, 0.15) is 29.4 Å². The number of aryl methyl sites for hydroxylation is 9. The summed E-state index contributed by atoms with van der Waals surface area (Å²) in [7, 11) is 7.96. The van der Waals surface area contributed by atoms with E-state index >= 15 is 0 Å². The van der Waals surface area contributed by atoms with E-state index in [-0.39, 0.29) is 94.9 Å². The molecule has 6 aromatic heterocycles. The van der Waals surface area contributed by atoms with Crippen molar-refractivity contribution in [2.45, 2.75) is 237 Å².